The summed E-state index contributed by atoms with van der Waals surface area (Å²) in [6, 6.07) is 4.72. The molecule has 0 spiro atoms. The Morgan fingerprint density at radius 3 is 2.58 bits per heavy atom. The summed E-state index contributed by atoms with van der Waals surface area (Å²) in [5.41, 5.74) is 12.3. The number of rotatable bonds is 2. The largest absolute Gasteiger partial charge is 0.342 e. The van der Waals surface area contributed by atoms with Crippen LogP contribution in [-0.2, 0) is 0 Å². The van der Waals surface area contributed by atoms with Crippen molar-refractivity contribution < 1.29 is 0 Å². The fourth-order valence-electron chi connectivity index (χ4n) is 2.81. The third-order valence-electron chi connectivity index (χ3n) is 4.50. The van der Waals surface area contributed by atoms with E-state index in [4.69, 9.17) is 5.73 Å². The maximum atomic E-state index is 5.84. The second-order valence-corrected chi connectivity index (χ2v) is 5.79. The molecule has 0 aliphatic heterocycles. The first-order chi connectivity index (χ1) is 9.06. The van der Waals surface area contributed by atoms with Crippen molar-refractivity contribution in [2.45, 2.75) is 45.6 Å². The van der Waals surface area contributed by atoms with Crippen LogP contribution < -0.4 is 5.73 Å². The molecule has 1 aromatic carbocycles. The number of aromatic nitrogens is 2. The number of imidazole rings is 1. The maximum Gasteiger partial charge on any atom is 0.109 e. The number of nitrogens with one attached hydrogen (secondary N) is 1. The van der Waals surface area contributed by atoms with E-state index in [1.807, 2.05) is 6.20 Å². The number of nitrogens with zero attached hydrogens (tertiary/aromatic N) is 1. The zero-order chi connectivity index (χ0) is 13.6. The maximum absolute atomic E-state index is 5.84. The Morgan fingerprint density at radius 2 is 1.89 bits per heavy atom. The van der Waals surface area contributed by atoms with Gasteiger partial charge < -0.3 is 10.7 Å². The van der Waals surface area contributed by atoms with Gasteiger partial charge in [-0.1, -0.05) is 12.1 Å². The molecule has 3 heteroatoms. The fraction of sp³-hybridized carbons (Fsp3) is 0.438. The van der Waals surface area contributed by atoms with Gasteiger partial charge in [-0.15, -0.1) is 0 Å². The van der Waals surface area contributed by atoms with Gasteiger partial charge in [0.2, 0.25) is 0 Å². The van der Waals surface area contributed by atoms with Gasteiger partial charge in [0.15, 0.2) is 0 Å². The predicted octanol–water partition coefficient (Wildman–Crippen LogP) is 3.21. The van der Waals surface area contributed by atoms with Crippen LogP contribution in [0.1, 0.15) is 41.3 Å². The smallest absolute Gasteiger partial charge is 0.109 e. The Hall–Kier alpha value is -1.61. The molecule has 2 aromatic rings. The molecule has 1 aliphatic carbocycles. The summed E-state index contributed by atoms with van der Waals surface area (Å²) in [7, 11) is 0. The van der Waals surface area contributed by atoms with Gasteiger partial charge in [-0.25, -0.2) is 4.98 Å². The molecule has 1 fully saturated rings. The van der Waals surface area contributed by atoms with Crippen LogP contribution in [0.2, 0.25) is 0 Å². The number of hydrogen-bond acceptors (Lipinski definition) is 2. The standard InChI is InChI=1S/C16H21N3/c1-9-4-5-14(11(3)10(9)2)15-8-18-16(19-15)12-6-13(17)7-12/h4-5,8,12-13H,6-7,17H2,1-3H3,(H,18,19). The lowest BCUT2D eigenvalue weighted by Crippen LogP contribution is -2.35. The van der Waals surface area contributed by atoms with Crippen molar-refractivity contribution in [2.24, 2.45) is 5.73 Å². The number of hydrogen-bond donors (Lipinski definition) is 2. The first kappa shape index (κ1) is 12.4. The van der Waals surface area contributed by atoms with E-state index in [1.165, 1.54) is 22.3 Å². The SMILES string of the molecule is Cc1ccc(-c2cnc(C3CC(N)C3)[nH]2)c(C)c1C. The first-order valence-corrected chi connectivity index (χ1v) is 6.94. The molecule has 0 saturated heterocycles. The third kappa shape index (κ3) is 2.08. The molecule has 1 aromatic heterocycles. The van der Waals surface area contributed by atoms with Crippen LogP contribution in [-0.4, -0.2) is 16.0 Å². The number of H-pyrrole nitrogens is 1. The predicted molar refractivity (Wildman–Crippen MR) is 78.2 cm³/mol. The molecule has 100 valence electrons. The summed E-state index contributed by atoms with van der Waals surface area (Å²) in [5, 5.41) is 0. The molecule has 1 aliphatic rings. The van der Waals surface area contributed by atoms with Crippen molar-refractivity contribution in [3.05, 3.63) is 40.8 Å². The molecule has 1 heterocycles. The molecule has 3 N–H and O–H groups in total. The van der Waals surface area contributed by atoms with Gasteiger partial charge in [-0.2, -0.15) is 0 Å². The van der Waals surface area contributed by atoms with Crippen molar-refractivity contribution in [3.63, 3.8) is 0 Å². The number of aromatic amines is 1. The summed E-state index contributed by atoms with van der Waals surface area (Å²) in [5.74, 6) is 1.62. The molecular weight excluding hydrogens is 234 g/mol. The molecule has 1 saturated carbocycles. The van der Waals surface area contributed by atoms with Gasteiger partial charge >= 0.3 is 0 Å². The van der Waals surface area contributed by atoms with E-state index in [-0.39, 0.29) is 0 Å². The van der Waals surface area contributed by atoms with Crippen LogP contribution >= 0.6 is 0 Å². The van der Waals surface area contributed by atoms with E-state index < -0.39 is 0 Å². The normalized spacial score (nSPS) is 22.3. The minimum absolute atomic E-state index is 0.363. The van der Waals surface area contributed by atoms with Crippen molar-refractivity contribution in [2.75, 3.05) is 0 Å². The highest BCUT2D eigenvalue weighted by Gasteiger charge is 2.29. The summed E-state index contributed by atoms with van der Waals surface area (Å²) in [4.78, 5) is 8.00. The zero-order valence-corrected chi connectivity index (χ0v) is 11.8. The minimum Gasteiger partial charge on any atom is -0.342 e. The molecule has 0 amide bonds. The lowest BCUT2D eigenvalue weighted by atomic mass is 9.80. The Morgan fingerprint density at radius 1 is 1.16 bits per heavy atom. The van der Waals surface area contributed by atoms with Gasteiger partial charge in [0.1, 0.15) is 5.82 Å². The molecule has 0 unspecified atom stereocenters. The second-order valence-electron chi connectivity index (χ2n) is 5.79. The van der Waals surface area contributed by atoms with Gasteiger partial charge in [0.05, 0.1) is 11.9 Å². The third-order valence-corrected chi connectivity index (χ3v) is 4.50. The highest BCUT2D eigenvalue weighted by atomic mass is 14.9. The van der Waals surface area contributed by atoms with Gasteiger partial charge in [-0.05, 0) is 50.3 Å². The molecule has 0 atom stereocenters. The van der Waals surface area contributed by atoms with E-state index in [0.717, 1.165) is 24.4 Å². The van der Waals surface area contributed by atoms with Gasteiger partial charge in [-0.3, -0.25) is 0 Å². The lowest BCUT2D eigenvalue weighted by Gasteiger charge is -2.30. The monoisotopic (exact) mass is 255 g/mol. The van der Waals surface area contributed by atoms with Gasteiger partial charge in [0.25, 0.3) is 0 Å². The highest BCUT2D eigenvalue weighted by Crippen LogP contribution is 2.35. The Balaban J connectivity index is 1.93. The van der Waals surface area contributed by atoms with E-state index in [0.29, 0.717) is 12.0 Å². The van der Waals surface area contributed by atoms with Crippen molar-refractivity contribution in [1.29, 1.82) is 0 Å². The summed E-state index contributed by atoms with van der Waals surface area (Å²) < 4.78 is 0. The summed E-state index contributed by atoms with van der Waals surface area (Å²) in [6.45, 7) is 6.51. The summed E-state index contributed by atoms with van der Waals surface area (Å²) >= 11 is 0. The zero-order valence-electron chi connectivity index (χ0n) is 11.8. The van der Waals surface area contributed by atoms with Crippen LogP contribution in [0.15, 0.2) is 18.3 Å². The highest BCUT2D eigenvalue weighted by molar-refractivity contribution is 5.65. The van der Waals surface area contributed by atoms with E-state index in [9.17, 15) is 0 Å². The lowest BCUT2D eigenvalue weighted by molar-refractivity contribution is 0.340. The number of aryl methyl sites for hydroxylation is 1. The topological polar surface area (TPSA) is 54.7 Å². The fourth-order valence-corrected chi connectivity index (χ4v) is 2.81. The first-order valence-electron chi connectivity index (χ1n) is 6.94. The average molecular weight is 255 g/mol. The number of benzene rings is 1. The number of nitrogens with two attached hydrogens (primary N) is 1. The van der Waals surface area contributed by atoms with Crippen molar-refractivity contribution in [1.82, 2.24) is 9.97 Å². The molecule has 3 rings (SSSR count). The average Bonchev–Trinajstić information content (AvgIpc) is 2.81. The van der Waals surface area contributed by atoms with Crippen LogP contribution in [0, 0.1) is 20.8 Å². The minimum atomic E-state index is 0.363. The molecular formula is C16H21N3. The molecule has 19 heavy (non-hydrogen) atoms. The van der Waals surface area contributed by atoms with Crippen LogP contribution in [0.5, 0.6) is 0 Å². The Bertz CT molecular complexity index is 606. The summed E-state index contributed by atoms with van der Waals surface area (Å²) in [6.07, 6.45) is 4.06. The quantitative estimate of drug-likeness (QED) is 0.865. The van der Waals surface area contributed by atoms with E-state index in [1.54, 1.807) is 0 Å². The Labute approximate surface area is 114 Å². The van der Waals surface area contributed by atoms with E-state index in [2.05, 4.69) is 42.9 Å². The van der Waals surface area contributed by atoms with Gasteiger partial charge in [0, 0.05) is 17.5 Å². The molecule has 0 bridgehead atoms. The van der Waals surface area contributed by atoms with Crippen molar-refractivity contribution in [3.8, 4) is 11.3 Å². The second kappa shape index (κ2) is 4.49. The molecule has 3 nitrogen and oxygen atoms in total. The van der Waals surface area contributed by atoms with Crippen LogP contribution in [0.3, 0.4) is 0 Å². The molecule has 0 radical (unpaired) electrons. The van der Waals surface area contributed by atoms with Crippen LogP contribution in [0.4, 0.5) is 0 Å². The van der Waals surface area contributed by atoms with Crippen LogP contribution in [0.25, 0.3) is 11.3 Å². The Kier molecular flexibility index (Phi) is 2.94. The van der Waals surface area contributed by atoms with Crippen molar-refractivity contribution >= 4 is 0 Å². The van der Waals surface area contributed by atoms with E-state index >= 15 is 0 Å².